The summed E-state index contributed by atoms with van der Waals surface area (Å²) in [4.78, 5) is 19.9. The quantitative estimate of drug-likeness (QED) is 0.242. The molecule has 3 rings (SSSR count). The van der Waals surface area contributed by atoms with Gasteiger partial charge in [0, 0.05) is 5.30 Å². The highest BCUT2D eigenvalue weighted by Gasteiger charge is 2.22. The highest BCUT2D eigenvalue weighted by atomic mass is 35.5. The van der Waals surface area contributed by atoms with Gasteiger partial charge in [0.25, 0.3) is 0 Å². The molecule has 1 amide bonds. The van der Waals surface area contributed by atoms with Crippen LogP contribution >= 0.6 is 18.7 Å². The van der Waals surface area contributed by atoms with Gasteiger partial charge in [-0.25, -0.2) is 9.37 Å². The number of carbonyl (C=O) groups excluding carboxylic acids is 1. The SMILES string of the molecule is C=CC(=O)Nc1c(F)ccc(Nc2ncc(Cl)c(Nc3ccccc3P(C)(C)=O)n2)c1OC(F)F. The predicted molar refractivity (Wildman–Crippen MR) is 131 cm³/mol. The zero-order chi connectivity index (χ0) is 25.8. The first kappa shape index (κ1) is 26.1. The van der Waals surface area contributed by atoms with Crippen molar-refractivity contribution in [2.75, 3.05) is 29.3 Å². The van der Waals surface area contributed by atoms with E-state index in [0.717, 1.165) is 18.2 Å². The number of benzene rings is 2. The molecule has 0 atom stereocenters. The average Bonchev–Trinajstić information content (AvgIpc) is 2.79. The molecule has 2 aromatic carbocycles. The highest BCUT2D eigenvalue weighted by molar-refractivity contribution is 7.70. The summed E-state index contributed by atoms with van der Waals surface area (Å²) in [7, 11) is -2.65. The lowest BCUT2D eigenvalue weighted by Gasteiger charge is -2.18. The second-order valence-corrected chi connectivity index (χ2v) is 11.0. The van der Waals surface area contributed by atoms with Gasteiger partial charge >= 0.3 is 6.61 Å². The Morgan fingerprint density at radius 1 is 1.17 bits per heavy atom. The average molecular weight is 526 g/mol. The zero-order valence-electron chi connectivity index (χ0n) is 18.5. The maximum absolute atomic E-state index is 14.3. The highest BCUT2D eigenvalue weighted by Crippen LogP contribution is 2.40. The number of carbonyl (C=O) groups is 1. The van der Waals surface area contributed by atoms with Crippen molar-refractivity contribution in [1.29, 1.82) is 0 Å². The van der Waals surface area contributed by atoms with Crippen LogP contribution in [0.5, 0.6) is 5.75 Å². The molecule has 184 valence electrons. The van der Waals surface area contributed by atoms with Crippen LogP contribution in [-0.2, 0) is 9.36 Å². The lowest BCUT2D eigenvalue weighted by molar-refractivity contribution is -0.112. The van der Waals surface area contributed by atoms with E-state index in [2.05, 4.69) is 37.2 Å². The summed E-state index contributed by atoms with van der Waals surface area (Å²) in [6, 6.07) is 8.94. The van der Waals surface area contributed by atoms with Crippen molar-refractivity contribution in [1.82, 2.24) is 9.97 Å². The van der Waals surface area contributed by atoms with E-state index in [4.69, 9.17) is 11.6 Å². The van der Waals surface area contributed by atoms with Crippen LogP contribution in [0.1, 0.15) is 0 Å². The van der Waals surface area contributed by atoms with Crippen LogP contribution in [0.2, 0.25) is 5.02 Å². The first-order chi connectivity index (χ1) is 16.5. The molecule has 0 saturated heterocycles. The van der Waals surface area contributed by atoms with Crippen LogP contribution in [0.3, 0.4) is 0 Å². The molecule has 0 saturated carbocycles. The molecule has 13 heteroatoms. The molecule has 0 bridgehead atoms. The first-order valence-electron chi connectivity index (χ1n) is 9.91. The number of aromatic nitrogens is 2. The van der Waals surface area contributed by atoms with Crippen LogP contribution in [0.15, 0.2) is 55.3 Å². The van der Waals surface area contributed by atoms with Gasteiger partial charge in [-0.15, -0.1) is 0 Å². The van der Waals surface area contributed by atoms with E-state index in [1.165, 1.54) is 6.20 Å². The molecule has 0 aliphatic heterocycles. The minimum absolute atomic E-state index is 0.114. The third kappa shape index (κ3) is 6.52. The Kier molecular flexibility index (Phi) is 8.03. The summed E-state index contributed by atoms with van der Waals surface area (Å²) >= 11 is 6.22. The Morgan fingerprint density at radius 2 is 1.89 bits per heavy atom. The molecular weight excluding hydrogens is 506 g/mol. The first-order valence-corrected chi connectivity index (χ1v) is 12.9. The summed E-state index contributed by atoms with van der Waals surface area (Å²) in [5, 5.41) is 8.45. The molecule has 0 aliphatic carbocycles. The molecular formula is C22H20ClF3N5O3P. The van der Waals surface area contributed by atoms with Crippen molar-refractivity contribution in [2.24, 2.45) is 0 Å². The number of nitrogens with one attached hydrogen (secondary N) is 3. The molecule has 0 unspecified atom stereocenters. The summed E-state index contributed by atoms with van der Waals surface area (Å²) in [6.45, 7) is 3.15. The van der Waals surface area contributed by atoms with Gasteiger partial charge in [-0.3, -0.25) is 4.79 Å². The number of hydrogen-bond donors (Lipinski definition) is 3. The Bertz CT molecular complexity index is 1320. The number of anilines is 5. The van der Waals surface area contributed by atoms with Gasteiger partial charge in [0.15, 0.2) is 17.4 Å². The molecule has 35 heavy (non-hydrogen) atoms. The maximum Gasteiger partial charge on any atom is 0.387 e. The molecule has 1 heterocycles. The maximum atomic E-state index is 14.3. The van der Waals surface area contributed by atoms with E-state index in [1.807, 2.05) is 0 Å². The lowest BCUT2D eigenvalue weighted by atomic mass is 10.2. The van der Waals surface area contributed by atoms with Gasteiger partial charge in [0.05, 0.1) is 17.6 Å². The van der Waals surface area contributed by atoms with Crippen LogP contribution in [0.25, 0.3) is 0 Å². The van der Waals surface area contributed by atoms with Gasteiger partial charge in [-0.05, 0) is 43.7 Å². The van der Waals surface area contributed by atoms with Crippen LogP contribution in [0.4, 0.5) is 42.0 Å². The molecule has 3 N–H and O–H groups in total. The van der Waals surface area contributed by atoms with Crippen LogP contribution in [-0.4, -0.2) is 35.8 Å². The number of halogens is 4. The fourth-order valence-corrected chi connectivity index (χ4v) is 4.27. The number of ether oxygens (including phenoxy) is 1. The topological polar surface area (TPSA) is 105 Å². The number of alkyl halides is 2. The van der Waals surface area contributed by atoms with Crippen LogP contribution in [0, 0.1) is 5.82 Å². The van der Waals surface area contributed by atoms with Crippen molar-refractivity contribution in [3.63, 3.8) is 0 Å². The Labute approximate surface area is 203 Å². The smallest absolute Gasteiger partial charge is 0.387 e. The second kappa shape index (κ2) is 10.8. The van der Waals surface area contributed by atoms with Gasteiger partial charge in [0.2, 0.25) is 11.9 Å². The lowest BCUT2D eigenvalue weighted by Crippen LogP contribution is -2.14. The van der Waals surface area contributed by atoms with Crippen LogP contribution < -0.4 is 26.0 Å². The monoisotopic (exact) mass is 525 g/mol. The Balaban J connectivity index is 2.00. The van der Waals surface area contributed by atoms with E-state index in [0.29, 0.717) is 11.0 Å². The fourth-order valence-electron chi connectivity index (χ4n) is 2.97. The van der Waals surface area contributed by atoms with Gasteiger partial charge < -0.3 is 25.3 Å². The molecule has 1 aromatic heterocycles. The molecule has 0 aliphatic rings. The van der Waals surface area contributed by atoms with E-state index in [-0.39, 0.29) is 22.5 Å². The minimum atomic E-state index is -3.32. The predicted octanol–water partition coefficient (Wildman–Crippen LogP) is 5.73. The normalized spacial score (nSPS) is 11.2. The summed E-state index contributed by atoms with van der Waals surface area (Å²) in [5.74, 6) is -2.51. The summed E-state index contributed by atoms with van der Waals surface area (Å²) in [6.07, 6.45) is 2.09. The van der Waals surface area contributed by atoms with Gasteiger partial charge in [-0.2, -0.15) is 13.8 Å². The molecule has 0 fully saturated rings. The van der Waals surface area contributed by atoms with E-state index < -0.39 is 36.9 Å². The third-order valence-corrected chi connectivity index (χ3v) is 6.30. The molecule has 8 nitrogen and oxygen atoms in total. The molecule has 0 spiro atoms. The number of para-hydroxylation sites is 1. The van der Waals surface area contributed by atoms with Crippen molar-refractivity contribution in [3.05, 3.63) is 66.1 Å². The van der Waals surface area contributed by atoms with E-state index in [9.17, 15) is 22.5 Å². The molecule has 0 radical (unpaired) electrons. The van der Waals surface area contributed by atoms with Gasteiger partial charge in [-0.1, -0.05) is 30.3 Å². The standard InChI is InChI=1S/C22H20ClF3N5O3P/c1-4-17(32)30-18-13(24)9-10-15(19(18)34-21(25)26)29-22-27-11-12(23)20(31-22)28-14-7-5-6-8-16(14)35(2,3)33/h4-11,21H,1H2,2-3H3,(H,30,32)(H2,27,28,29,31). The van der Waals surface area contributed by atoms with Gasteiger partial charge in [0.1, 0.15) is 17.9 Å². The van der Waals surface area contributed by atoms with Crippen molar-refractivity contribution in [2.45, 2.75) is 6.61 Å². The number of amides is 1. The largest absolute Gasteiger partial charge is 0.430 e. The van der Waals surface area contributed by atoms with E-state index in [1.54, 1.807) is 37.6 Å². The Hall–Kier alpha value is -3.56. The number of nitrogens with zero attached hydrogens (tertiary/aromatic N) is 2. The summed E-state index contributed by atoms with van der Waals surface area (Å²) in [5.41, 5.74) is -0.278. The van der Waals surface area contributed by atoms with E-state index >= 15 is 0 Å². The molecule has 3 aromatic rings. The zero-order valence-corrected chi connectivity index (χ0v) is 20.1. The number of hydrogen-bond acceptors (Lipinski definition) is 7. The minimum Gasteiger partial charge on any atom is -0.430 e. The van der Waals surface area contributed by atoms with Crippen molar-refractivity contribution in [3.8, 4) is 5.75 Å². The van der Waals surface area contributed by atoms with Crippen molar-refractivity contribution >= 4 is 58.8 Å². The third-order valence-electron chi connectivity index (χ3n) is 4.48. The Morgan fingerprint density at radius 3 is 2.54 bits per heavy atom. The van der Waals surface area contributed by atoms with Crippen molar-refractivity contribution < 1.29 is 27.3 Å². The second-order valence-electron chi connectivity index (χ2n) is 7.38. The number of rotatable bonds is 9. The fraction of sp³-hybridized carbons (Fsp3) is 0.136. The summed E-state index contributed by atoms with van der Waals surface area (Å²) < 4.78 is 57.6.